The lowest BCUT2D eigenvalue weighted by atomic mass is 9.94. The Kier molecular flexibility index (Phi) is 4.47. The molecule has 0 amide bonds. The SMILES string of the molecule is COC1=CC(=O)C([C@]2(OC(C)C)OC(=O)C(Cl)=C2Cl)=CC1=O. The van der Waals surface area contributed by atoms with Crippen LogP contribution in [0.25, 0.3) is 0 Å². The van der Waals surface area contributed by atoms with Crippen molar-refractivity contribution in [1.29, 1.82) is 0 Å². The first-order valence-corrected chi connectivity index (χ1v) is 7.02. The molecule has 1 aliphatic heterocycles. The zero-order valence-electron chi connectivity index (χ0n) is 11.9. The molecule has 1 atom stereocenters. The summed E-state index contributed by atoms with van der Waals surface area (Å²) in [5.41, 5.74) is -0.235. The van der Waals surface area contributed by atoms with Crippen LogP contribution in [0.4, 0.5) is 0 Å². The topological polar surface area (TPSA) is 78.9 Å². The molecule has 0 N–H and O–H groups in total. The number of ketones is 2. The number of methoxy groups -OCH3 is 1. The van der Waals surface area contributed by atoms with Crippen LogP contribution in [0, 0.1) is 0 Å². The number of cyclic esters (lactones) is 1. The van der Waals surface area contributed by atoms with Gasteiger partial charge in [0.2, 0.25) is 5.78 Å². The van der Waals surface area contributed by atoms with Crippen LogP contribution in [-0.4, -0.2) is 36.5 Å². The van der Waals surface area contributed by atoms with Gasteiger partial charge >= 0.3 is 5.97 Å². The van der Waals surface area contributed by atoms with Crippen molar-refractivity contribution < 1.29 is 28.6 Å². The minimum Gasteiger partial charge on any atom is -0.493 e. The molecule has 22 heavy (non-hydrogen) atoms. The molecule has 2 aliphatic rings. The minimum atomic E-state index is -2.02. The molecule has 118 valence electrons. The molecule has 6 nitrogen and oxygen atoms in total. The molecule has 0 aromatic rings. The maximum absolute atomic E-state index is 12.3. The van der Waals surface area contributed by atoms with Crippen molar-refractivity contribution in [3.63, 3.8) is 0 Å². The fourth-order valence-corrected chi connectivity index (χ4v) is 2.48. The fourth-order valence-electron chi connectivity index (χ4n) is 2.06. The Bertz CT molecular complexity index is 658. The van der Waals surface area contributed by atoms with Crippen LogP contribution in [0.1, 0.15) is 13.8 Å². The Morgan fingerprint density at radius 2 is 1.77 bits per heavy atom. The normalized spacial score (nSPS) is 25.5. The summed E-state index contributed by atoms with van der Waals surface area (Å²) < 4.78 is 15.4. The molecule has 0 fully saturated rings. The van der Waals surface area contributed by atoms with Crippen molar-refractivity contribution in [2.45, 2.75) is 25.7 Å². The van der Waals surface area contributed by atoms with Crippen LogP contribution in [0.3, 0.4) is 0 Å². The Morgan fingerprint density at radius 3 is 2.23 bits per heavy atom. The number of hydrogen-bond donors (Lipinski definition) is 0. The summed E-state index contributed by atoms with van der Waals surface area (Å²) in [5, 5.41) is -0.695. The number of allylic oxidation sites excluding steroid dienone is 2. The number of hydrogen-bond acceptors (Lipinski definition) is 6. The van der Waals surface area contributed by atoms with Crippen molar-refractivity contribution in [2.75, 3.05) is 7.11 Å². The quantitative estimate of drug-likeness (QED) is 0.571. The van der Waals surface area contributed by atoms with E-state index in [9.17, 15) is 14.4 Å². The maximum Gasteiger partial charge on any atom is 0.354 e. The zero-order valence-corrected chi connectivity index (χ0v) is 13.4. The van der Waals surface area contributed by atoms with Gasteiger partial charge in [0, 0.05) is 12.2 Å². The highest BCUT2D eigenvalue weighted by molar-refractivity contribution is 6.49. The molecule has 0 aromatic carbocycles. The Hall–Kier alpha value is -1.63. The summed E-state index contributed by atoms with van der Waals surface area (Å²) >= 11 is 11.8. The molecule has 0 bridgehead atoms. The number of esters is 1. The Morgan fingerprint density at radius 1 is 1.14 bits per heavy atom. The van der Waals surface area contributed by atoms with E-state index < -0.39 is 34.5 Å². The lowest BCUT2D eigenvalue weighted by molar-refractivity contribution is -0.196. The van der Waals surface area contributed by atoms with Gasteiger partial charge in [-0.1, -0.05) is 23.2 Å². The summed E-state index contributed by atoms with van der Waals surface area (Å²) in [6, 6.07) is 0. The fraction of sp³-hybridized carbons (Fsp3) is 0.357. The Balaban J connectivity index is 2.57. The molecule has 0 spiro atoms. The van der Waals surface area contributed by atoms with Gasteiger partial charge in [0.15, 0.2) is 11.5 Å². The van der Waals surface area contributed by atoms with Gasteiger partial charge in [-0.05, 0) is 13.8 Å². The number of carbonyl (C=O) groups excluding carboxylic acids is 3. The lowest BCUT2D eigenvalue weighted by Crippen LogP contribution is -2.42. The number of carbonyl (C=O) groups is 3. The lowest BCUT2D eigenvalue weighted by Gasteiger charge is -2.32. The van der Waals surface area contributed by atoms with Crippen LogP contribution in [0.5, 0.6) is 0 Å². The van der Waals surface area contributed by atoms with Gasteiger partial charge in [0.05, 0.1) is 18.8 Å². The molecular weight excluding hydrogens is 335 g/mol. The maximum atomic E-state index is 12.3. The van der Waals surface area contributed by atoms with E-state index in [2.05, 4.69) is 0 Å². The first-order chi connectivity index (χ1) is 10.2. The molecule has 1 heterocycles. The van der Waals surface area contributed by atoms with E-state index in [0.717, 1.165) is 12.2 Å². The monoisotopic (exact) mass is 346 g/mol. The molecule has 0 radical (unpaired) electrons. The summed E-state index contributed by atoms with van der Waals surface area (Å²) in [6.45, 7) is 3.30. The van der Waals surface area contributed by atoms with E-state index in [4.69, 9.17) is 37.4 Å². The Labute approximate surface area is 136 Å². The molecule has 2 rings (SSSR count). The first-order valence-electron chi connectivity index (χ1n) is 6.26. The van der Waals surface area contributed by atoms with Gasteiger partial charge in [-0.15, -0.1) is 0 Å². The van der Waals surface area contributed by atoms with E-state index in [0.29, 0.717) is 0 Å². The van der Waals surface area contributed by atoms with Gasteiger partial charge in [0.1, 0.15) is 10.1 Å². The summed E-state index contributed by atoms with van der Waals surface area (Å²) in [4.78, 5) is 35.9. The second-order valence-corrected chi connectivity index (χ2v) is 5.56. The summed E-state index contributed by atoms with van der Waals surface area (Å²) in [5.74, 6) is -4.30. The average molecular weight is 347 g/mol. The highest BCUT2D eigenvalue weighted by atomic mass is 35.5. The average Bonchev–Trinajstić information content (AvgIpc) is 2.65. The molecular formula is C14H12Cl2O6. The van der Waals surface area contributed by atoms with E-state index in [1.807, 2.05) is 0 Å². The standard InChI is InChI=1S/C14H12Cl2O6/c1-6(2)21-14(12(16)11(15)13(19)22-14)7-4-9(18)10(20-3)5-8(7)17/h4-6H,1-3H3/t14-/m0/s1. The van der Waals surface area contributed by atoms with Gasteiger partial charge in [-0.3, -0.25) is 9.59 Å². The molecule has 8 heteroatoms. The number of ether oxygens (including phenoxy) is 3. The molecule has 0 saturated carbocycles. The molecule has 0 saturated heterocycles. The third kappa shape index (κ3) is 2.58. The molecule has 0 unspecified atom stereocenters. The van der Waals surface area contributed by atoms with Crippen LogP contribution < -0.4 is 0 Å². The van der Waals surface area contributed by atoms with E-state index in [1.54, 1.807) is 13.8 Å². The minimum absolute atomic E-state index is 0.135. The predicted octanol–water partition coefficient (Wildman–Crippen LogP) is 1.96. The first kappa shape index (κ1) is 16.7. The smallest absolute Gasteiger partial charge is 0.354 e. The van der Waals surface area contributed by atoms with Crippen LogP contribution in [0.2, 0.25) is 0 Å². The largest absolute Gasteiger partial charge is 0.493 e. The van der Waals surface area contributed by atoms with Crippen LogP contribution in [-0.2, 0) is 28.6 Å². The summed E-state index contributed by atoms with van der Waals surface area (Å²) in [6.07, 6.45) is 1.47. The number of halogens is 2. The van der Waals surface area contributed by atoms with Crippen molar-refractivity contribution in [2.24, 2.45) is 0 Å². The highest BCUT2D eigenvalue weighted by Crippen LogP contribution is 2.45. The second kappa shape index (κ2) is 5.87. The number of rotatable bonds is 4. The van der Waals surface area contributed by atoms with Crippen LogP contribution in [0.15, 0.2) is 33.5 Å². The zero-order chi connectivity index (χ0) is 16.7. The summed E-state index contributed by atoms with van der Waals surface area (Å²) in [7, 11) is 1.26. The van der Waals surface area contributed by atoms with Gasteiger partial charge < -0.3 is 14.2 Å². The van der Waals surface area contributed by atoms with Crippen LogP contribution >= 0.6 is 23.2 Å². The van der Waals surface area contributed by atoms with Gasteiger partial charge in [-0.25, -0.2) is 4.79 Å². The van der Waals surface area contributed by atoms with Crippen molar-refractivity contribution in [3.05, 3.63) is 33.5 Å². The van der Waals surface area contributed by atoms with Crippen molar-refractivity contribution in [3.8, 4) is 0 Å². The molecule has 1 aliphatic carbocycles. The van der Waals surface area contributed by atoms with Crippen molar-refractivity contribution >= 4 is 40.7 Å². The highest BCUT2D eigenvalue weighted by Gasteiger charge is 2.54. The third-order valence-electron chi connectivity index (χ3n) is 2.92. The van der Waals surface area contributed by atoms with Gasteiger partial charge in [-0.2, -0.15) is 0 Å². The second-order valence-electron chi connectivity index (χ2n) is 4.80. The van der Waals surface area contributed by atoms with E-state index in [-0.39, 0.29) is 16.4 Å². The van der Waals surface area contributed by atoms with E-state index in [1.165, 1.54) is 7.11 Å². The predicted molar refractivity (Wildman–Crippen MR) is 77.0 cm³/mol. The van der Waals surface area contributed by atoms with Crippen molar-refractivity contribution in [1.82, 2.24) is 0 Å². The van der Waals surface area contributed by atoms with E-state index >= 15 is 0 Å². The third-order valence-corrected chi connectivity index (χ3v) is 3.80. The molecule has 0 aromatic heterocycles. The van der Waals surface area contributed by atoms with Gasteiger partial charge in [0.25, 0.3) is 5.79 Å².